The summed E-state index contributed by atoms with van der Waals surface area (Å²) < 4.78 is 32.0. The lowest BCUT2D eigenvalue weighted by molar-refractivity contribution is 0.0470. The fraction of sp³-hybridized carbons (Fsp3) is 0.267. The second kappa shape index (κ2) is 7.98. The van der Waals surface area contributed by atoms with Crippen LogP contribution in [-0.2, 0) is 4.84 Å². The van der Waals surface area contributed by atoms with E-state index in [1.165, 1.54) is 24.4 Å². The first kappa shape index (κ1) is 18.0. The lowest BCUT2D eigenvalue weighted by Gasteiger charge is -2.13. The summed E-state index contributed by atoms with van der Waals surface area (Å²) in [4.78, 5) is 12.7. The van der Waals surface area contributed by atoms with Crippen LogP contribution in [0.25, 0.3) is 11.3 Å². The van der Waals surface area contributed by atoms with Gasteiger partial charge in [-0.1, -0.05) is 5.16 Å². The van der Waals surface area contributed by atoms with E-state index in [1.807, 2.05) is 0 Å². The van der Waals surface area contributed by atoms with Gasteiger partial charge in [-0.3, -0.25) is 0 Å². The van der Waals surface area contributed by atoms with E-state index in [4.69, 9.17) is 15.3 Å². The molecular formula is C15H15ClF2N4O2. The number of hydrogen-bond acceptors (Lipinski definition) is 6. The molecule has 128 valence electrons. The van der Waals surface area contributed by atoms with E-state index in [-0.39, 0.29) is 30.9 Å². The lowest BCUT2D eigenvalue weighted by atomic mass is 10.1. The number of oxime groups is 1. The molecule has 6 nitrogen and oxygen atoms in total. The highest BCUT2D eigenvalue weighted by Crippen LogP contribution is 2.28. The average molecular weight is 357 g/mol. The van der Waals surface area contributed by atoms with Gasteiger partial charge in [-0.05, 0) is 12.1 Å². The topological polar surface area (TPSA) is 82.6 Å². The molecule has 1 atom stereocenters. The Morgan fingerprint density at radius 3 is 2.75 bits per heavy atom. The molecule has 2 aromatic rings. The molecule has 0 aliphatic carbocycles. The third-order valence-electron chi connectivity index (χ3n) is 3.27. The van der Waals surface area contributed by atoms with Gasteiger partial charge in [0.05, 0.1) is 11.9 Å². The summed E-state index contributed by atoms with van der Waals surface area (Å²) in [6.45, 7) is 0.490. The molecule has 0 saturated heterocycles. The molecule has 1 aliphatic heterocycles. The number of aromatic nitrogens is 2. The van der Waals surface area contributed by atoms with Crippen LogP contribution in [0.3, 0.4) is 0 Å². The molecule has 1 unspecified atom stereocenters. The first-order chi connectivity index (χ1) is 11.2. The lowest BCUT2D eigenvalue weighted by Crippen LogP contribution is -2.21. The minimum atomic E-state index is -0.607. The first-order valence-electron chi connectivity index (χ1n) is 6.97. The highest BCUT2D eigenvalue weighted by molar-refractivity contribution is 5.87. The predicted octanol–water partition coefficient (Wildman–Crippen LogP) is 2.33. The molecule has 9 heteroatoms. The monoisotopic (exact) mass is 356 g/mol. The van der Waals surface area contributed by atoms with Crippen molar-refractivity contribution in [2.75, 3.05) is 13.2 Å². The van der Waals surface area contributed by atoms with Crippen LogP contribution in [0.2, 0.25) is 0 Å². The number of nitrogens with zero attached hydrogens (tertiary/aromatic N) is 3. The van der Waals surface area contributed by atoms with Gasteiger partial charge in [0, 0.05) is 30.8 Å². The smallest absolute Gasteiger partial charge is 0.212 e. The summed E-state index contributed by atoms with van der Waals surface area (Å²) in [6, 6.07) is 3.91. The van der Waals surface area contributed by atoms with Crippen molar-refractivity contribution >= 4 is 18.1 Å². The zero-order chi connectivity index (χ0) is 16.2. The molecule has 0 amide bonds. The van der Waals surface area contributed by atoms with E-state index in [9.17, 15) is 8.78 Å². The molecular weight excluding hydrogens is 342 g/mol. The summed E-state index contributed by atoms with van der Waals surface area (Å²) >= 11 is 0. The Morgan fingerprint density at radius 1 is 1.25 bits per heavy atom. The second-order valence-corrected chi connectivity index (χ2v) is 4.97. The van der Waals surface area contributed by atoms with E-state index in [0.717, 1.165) is 11.9 Å². The van der Waals surface area contributed by atoms with Crippen LogP contribution < -0.4 is 10.5 Å². The molecule has 0 aromatic carbocycles. The van der Waals surface area contributed by atoms with Crippen molar-refractivity contribution in [3.63, 3.8) is 0 Å². The molecule has 0 spiro atoms. The van der Waals surface area contributed by atoms with Gasteiger partial charge in [-0.2, -0.15) is 4.39 Å². The summed E-state index contributed by atoms with van der Waals surface area (Å²) in [5.74, 6) is -0.919. The van der Waals surface area contributed by atoms with Crippen LogP contribution in [0.15, 0.2) is 35.7 Å². The fourth-order valence-corrected chi connectivity index (χ4v) is 2.14. The van der Waals surface area contributed by atoms with Crippen LogP contribution >= 0.6 is 12.4 Å². The fourth-order valence-electron chi connectivity index (χ4n) is 2.14. The van der Waals surface area contributed by atoms with Crippen LogP contribution in [0, 0.1) is 11.8 Å². The summed E-state index contributed by atoms with van der Waals surface area (Å²) in [6.07, 6.45) is 2.65. The molecule has 0 radical (unpaired) electrons. The quantitative estimate of drug-likeness (QED) is 0.831. The Labute approximate surface area is 143 Å². The standard InChI is InChI=1S/C15H14F2N4O2.ClH/c16-10-3-13(22-8-12-4-11(5-18)21-23-12)15(20-7-10)9-1-2-14(17)19-6-9;/h1-3,6-7,12H,4-5,8,18H2;1H. The molecule has 0 saturated carbocycles. The number of rotatable bonds is 5. The normalized spacial score (nSPS) is 16.1. The highest BCUT2D eigenvalue weighted by Gasteiger charge is 2.21. The molecule has 2 N–H and O–H groups in total. The minimum absolute atomic E-state index is 0. The van der Waals surface area contributed by atoms with Gasteiger partial charge >= 0.3 is 0 Å². The maximum absolute atomic E-state index is 13.5. The third kappa shape index (κ3) is 4.15. The average Bonchev–Trinajstić information content (AvgIpc) is 3.02. The summed E-state index contributed by atoms with van der Waals surface area (Å²) in [7, 11) is 0. The van der Waals surface area contributed by atoms with Gasteiger partial charge in [0.15, 0.2) is 6.10 Å². The van der Waals surface area contributed by atoms with Crippen LogP contribution in [0.1, 0.15) is 6.42 Å². The van der Waals surface area contributed by atoms with Crippen LogP contribution in [-0.4, -0.2) is 34.9 Å². The largest absolute Gasteiger partial charge is 0.487 e. The molecule has 0 fully saturated rings. The molecule has 1 aliphatic rings. The maximum atomic E-state index is 13.5. The SMILES string of the molecule is Cl.NCC1=NOC(COc2cc(F)cnc2-c2ccc(F)nc2)C1. The molecule has 0 bridgehead atoms. The van der Waals surface area contributed by atoms with Crippen molar-refractivity contribution in [2.24, 2.45) is 10.9 Å². The number of nitrogens with two attached hydrogens (primary N) is 1. The van der Waals surface area contributed by atoms with Gasteiger partial charge in [-0.15, -0.1) is 12.4 Å². The first-order valence-corrected chi connectivity index (χ1v) is 6.97. The van der Waals surface area contributed by atoms with Crippen molar-refractivity contribution in [2.45, 2.75) is 12.5 Å². The Bertz CT molecular complexity index is 728. The molecule has 24 heavy (non-hydrogen) atoms. The van der Waals surface area contributed by atoms with Gasteiger partial charge in [-0.25, -0.2) is 14.4 Å². The Kier molecular flexibility index (Phi) is 5.99. The van der Waals surface area contributed by atoms with Crippen LogP contribution in [0.5, 0.6) is 5.75 Å². The number of halogens is 3. The van der Waals surface area contributed by atoms with E-state index in [2.05, 4.69) is 15.1 Å². The maximum Gasteiger partial charge on any atom is 0.212 e. The van der Waals surface area contributed by atoms with Gasteiger partial charge in [0.1, 0.15) is 23.9 Å². The Morgan fingerprint density at radius 2 is 2.08 bits per heavy atom. The Balaban J connectivity index is 0.00000208. The van der Waals surface area contributed by atoms with Crippen molar-refractivity contribution in [1.82, 2.24) is 9.97 Å². The number of pyridine rings is 2. The Hall–Kier alpha value is -2.32. The molecule has 3 rings (SSSR count). The van der Waals surface area contributed by atoms with Crippen molar-refractivity contribution in [3.05, 3.63) is 42.4 Å². The van der Waals surface area contributed by atoms with E-state index >= 15 is 0 Å². The summed E-state index contributed by atoms with van der Waals surface area (Å²) in [5, 5.41) is 3.83. The zero-order valence-corrected chi connectivity index (χ0v) is 13.3. The van der Waals surface area contributed by atoms with Crippen molar-refractivity contribution < 1.29 is 18.4 Å². The van der Waals surface area contributed by atoms with E-state index in [1.54, 1.807) is 0 Å². The van der Waals surface area contributed by atoms with Crippen LogP contribution in [0.4, 0.5) is 8.78 Å². The van der Waals surface area contributed by atoms with Gasteiger partial charge in [0.25, 0.3) is 0 Å². The number of ether oxygens (including phenoxy) is 1. The summed E-state index contributed by atoms with van der Waals surface area (Å²) in [5.41, 5.74) is 7.13. The van der Waals surface area contributed by atoms with Crippen molar-refractivity contribution in [3.8, 4) is 17.0 Å². The minimum Gasteiger partial charge on any atom is -0.487 e. The molecule has 2 aromatic heterocycles. The number of hydrogen-bond donors (Lipinski definition) is 1. The third-order valence-corrected chi connectivity index (χ3v) is 3.27. The van der Waals surface area contributed by atoms with Crippen molar-refractivity contribution in [1.29, 1.82) is 0 Å². The van der Waals surface area contributed by atoms with E-state index in [0.29, 0.717) is 24.2 Å². The predicted molar refractivity (Wildman–Crippen MR) is 86.1 cm³/mol. The van der Waals surface area contributed by atoms with Gasteiger partial charge in [0.2, 0.25) is 5.95 Å². The van der Waals surface area contributed by atoms with E-state index < -0.39 is 11.8 Å². The zero-order valence-electron chi connectivity index (χ0n) is 12.5. The second-order valence-electron chi connectivity index (χ2n) is 4.97. The highest BCUT2D eigenvalue weighted by atomic mass is 35.5. The molecule has 3 heterocycles. The van der Waals surface area contributed by atoms with Gasteiger partial charge < -0.3 is 15.3 Å².